The standard InChI is InChI=1S/C27H33F6N5O/c28-26(29,30)19-3-6-22(7-4-19)37-16-14-36(15-17-37)11-1-2-25(39)38-12-9-20(10-13-38)35-21-5-8-24(34)23(18-21)27(31,32)33/h3-8,18,20,35H,1-2,9-17,34H2. The Kier molecular flexibility index (Phi) is 8.83. The number of hydrogen-bond donors (Lipinski definition) is 2. The lowest BCUT2D eigenvalue weighted by atomic mass is 10.0. The van der Waals surface area contributed by atoms with Gasteiger partial charge >= 0.3 is 12.4 Å². The Balaban J connectivity index is 1.14. The van der Waals surface area contributed by atoms with Crippen LogP contribution in [0.1, 0.15) is 36.8 Å². The van der Waals surface area contributed by atoms with Gasteiger partial charge in [-0.1, -0.05) is 0 Å². The number of nitrogens with one attached hydrogen (secondary N) is 1. The highest BCUT2D eigenvalue weighted by molar-refractivity contribution is 5.76. The largest absolute Gasteiger partial charge is 0.418 e. The smallest absolute Gasteiger partial charge is 0.398 e. The van der Waals surface area contributed by atoms with Crippen molar-refractivity contribution in [2.45, 2.75) is 44.1 Å². The highest BCUT2D eigenvalue weighted by Gasteiger charge is 2.33. The fraction of sp³-hybridized carbons (Fsp3) is 0.519. The average Bonchev–Trinajstić information content (AvgIpc) is 2.89. The van der Waals surface area contributed by atoms with E-state index in [4.69, 9.17) is 5.73 Å². The van der Waals surface area contributed by atoms with Gasteiger partial charge in [-0.15, -0.1) is 0 Å². The first-order chi connectivity index (χ1) is 18.4. The van der Waals surface area contributed by atoms with E-state index in [0.717, 1.165) is 43.5 Å². The van der Waals surface area contributed by atoms with Crippen molar-refractivity contribution >= 4 is 23.0 Å². The molecule has 0 atom stereocenters. The number of likely N-dealkylation sites (tertiary alicyclic amines) is 1. The molecule has 214 valence electrons. The Morgan fingerprint density at radius 1 is 0.872 bits per heavy atom. The number of alkyl halides is 6. The van der Waals surface area contributed by atoms with Gasteiger partial charge in [0.15, 0.2) is 0 Å². The maximum atomic E-state index is 13.1. The van der Waals surface area contributed by atoms with Crippen molar-refractivity contribution in [2.75, 3.05) is 61.8 Å². The molecule has 2 heterocycles. The van der Waals surface area contributed by atoms with Crippen molar-refractivity contribution in [3.63, 3.8) is 0 Å². The summed E-state index contributed by atoms with van der Waals surface area (Å²) in [7, 11) is 0. The molecule has 2 aliphatic heterocycles. The molecule has 0 bridgehead atoms. The molecule has 0 aromatic heterocycles. The summed E-state index contributed by atoms with van der Waals surface area (Å²) in [5.41, 5.74) is 4.77. The van der Waals surface area contributed by atoms with Gasteiger partial charge in [0.25, 0.3) is 0 Å². The van der Waals surface area contributed by atoms with Crippen LogP contribution in [-0.2, 0) is 17.1 Å². The van der Waals surface area contributed by atoms with Crippen molar-refractivity contribution in [3.05, 3.63) is 53.6 Å². The first kappa shape index (κ1) is 28.8. The van der Waals surface area contributed by atoms with Crippen molar-refractivity contribution in [1.29, 1.82) is 0 Å². The van der Waals surface area contributed by atoms with Crippen LogP contribution in [0, 0.1) is 0 Å². The number of halogens is 6. The molecule has 2 fully saturated rings. The topological polar surface area (TPSA) is 64.8 Å². The zero-order valence-corrected chi connectivity index (χ0v) is 21.5. The highest BCUT2D eigenvalue weighted by Crippen LogP contribution is 2.35. The van der Waals surface area contributed by atoms with Crippen LogP contribution in [0.2, 0.25) is 0 Å². The van der Waals surface area contributed by atoms with Gasteiger partial charge in [-0.2, -0.15) is 26.3 Å². The molecular formula is C27H33F6N5O. The summed E-state index contributed by atoms with van der Waals surface area (Å²) in [5.74, 6) is 0.0729. The summed E-state index contributed by atoms with van der Waals surface area (Å²) in [5, 5.41) is 3.14. The first-order valence-corrected chi connectivity index (χ1v) is 13.1. The Hall–Kier alpha value is -3.15. The number of hydrogen-bond acceptors (Lipinski definition) is 5. The number of anilines is 3. The zero-order chi connectivity index (χ0) is 28.2. The molecule has 2 aromatic rings. The summed E-state index contributed by atoms with van der Waals surface area (Å²) < 4.78 is 77.7. The third-order valence-electron chi connectivity index (χ3n) is 7.37. The van der Waals surface area contributed by atoms with Crippen molar-refractivity contribution in [3.8, 4) is 0 Å². The van der Waals surface area contributed by atoms with Gasteiger partial charge in [0.1, 0.15) is 0 Å². The summed E-state index contributed by atoms with van der Waals surface area (Å²) in [6, 6.07) is 9.00. The molecule has 0 saturated carbocycles. The minimum absolute atomic E-state index is 0.0280. The van der Waals surface area contributed by atoms with E-state index >= 15 is 0 Å². The van der Waals surface area contributed by atoms with E-state index in [1.165, 1.54) is 24.3 Å². The number of nitrogen functional groups attached to an aromatic ring is 1. The number of rotatable bonds is 7. The predicted molar refractivity (Wildman–Crippen MR) is 138 cm³/mol. The number of benzene rings is 2. The second-order valence-electron chi connectivity index (χ2n) is 10.1. The zero-order valence-electron chi connectivity index (χ0n) is 21.5. The predicted octanol–water partition coefficient (Wildman–Crippen LogP) is 5.31. The minimum atomic E-state index is -4.52. The summed E-state index contributed by atoms with van der Waals surface area (Å²) in [6.45, 7) is 4.81. The summed E-state index contributed by atoms with van der Waals surface area (Å²) >= 11 is 0. The number of piperidine rings is 1. The molecule has 4 rings (SSSR count). The quantitative estimate of drug-likeness (QED) is 0.357. The van der Waals surface area contributed by atoms with Gasteiger partial charge in [-0.3, -0.25) is 9.69 Å². The lowest BCUT2D eigenvalue weighted by Crippen LogP contribution is -2.47. The number of carbonyl (C=O) groups is 1. The second-order valence-corrected chi connectivity index (χ2v) is 10.1. The Bertz CT molecular complexity index is 1110. The van der Waals surface area contributed by atoms with Crippen LogP contribution in [-0.4, -0.2) is 67.6 Å². The number of nitrogens with zero attached hydrogens (tertiary/aromatic N) is 3. The molecule has 6 nitrogen and oxygen atoms in total. The number of carbonyl (C=O) groups excluding carboxylic acids is 1. The van der Waals surface area contributed by atoms with Crippen molar-refractivity contribution < 1.29 is 31.1 Å². The molecule has 2 aliphatic rings. The van der Waals surface area contributed by atoms with Gasteiger partial charge in [-0.05, 0) is 68.3 Å². The van der Waals surface area contributed by atoms with Gasteiger partial charge in [0, 0.05) is 68.8 Å². The monoisotopic (exact) mass is 557 g/mol. The van der Waals surface area contributed by atoms with Crippen LogP contribution >= 0.6 is 0 Å². The molecule has 39 heavy (non-hydrogen) atoms. The van der Waals surface area contributed by atoms with Crippen LogP contribution in [0.15, 0.2) is 42.5 Å². The van der Waals surface area contributed by atoms with E-state index in [1.807, 2.05) is 4.90 Å². The van der Waals surface area contributed by atoms with E-state index in [2.05, 4.69) is 15.1 Å². The van der Waals surface area contributed by atoms with Crippen LogP contribution in [0.25, 0.3) is 0 Å². The van der Waals surface area contributed by atoms with Gasteiger partial charge in [0.2, 0.25) is 5.91 Å². The molecule has 1 amide bonds. The normalized spacial score (nSPS) is 17.9. The van der Waals surface area contributed by atoms with Crippen LogP contribution in [0.3, 0.4) is 0 Å². The van der Waals surface area contributed by atoms with E-state index in [9.17, 15) is 31.1 Å². The molecule has 0 radical (unpaired) electrons. The molecule has 0 spiro atoms. The van der Waals surface area contributed by atoms with Crippen molar-refractivity contribution in [2.24, 2.45) is 0 Å². The third kappa shape index (κ3) is 7.71. The Morgan fingerprint density at radius 2 is 1.51 bits per heavy atom. The van der Waals surface area contributed by atoms with Gasteiger partial charge < -0.3 is 20.9 Å². The number of piperazine rings is 1. The van der Waals surface area contributed by atoms with Crippen LogP contribution in [0.4, 0.5) is 43.4 Å². The van der Waals surface area contributed by atoms with Crippen LogP contribution in [0.5, 0.6) is 0 Å². The SMILES string of the molecule is Nc1ccc(NC2CCN(C(=O)CCCN3CCN(c4ccc(C(F)(F)F)cc4)CC3)CC2)cc1C(F)(F)F. The molecule has 0 aliphatic carbocycles. The van der Waals surface area contributed by atoms with Gasteiger partial charge in [0.05, 0.1) is 11.1 Å². The summed E-state index contributed by atoms with van der Waals surface area (Å²) in [4.78, 5) is 18.8. The maximum Gasteiger partial charge on any atom is 0.418 e. The first-order valence-electron chi connectivity index (χ1n) is 13.1. The number of nitrogens with two attached hydrogens (primary N) is 1. The summed E-state index contributed by atoms with van der Waals surface area (Å²) in [6.07, 6.45) is -6.44. The molecular weight excluding hydrogens is 524 g/mol. The molecule has 2 aromatic carbocycles. The molecule has 0 unspecified atom stereocenters. The maximum absolute atomic E-state index is 13.1. The van der Waals surface area contributed by atoms with E-state index in [1.54, 1.807) is 0 Å². The second kappa shape index (κ2) is 11.9. The Labute approximate surface area is 223 Å². The van der Waals surface area contributed by atoms with Crippen molar-refractivity contribution in [1.82, 2.24) is 9.80 Å². The highest BCUT2D eigenvalue weighted by atomic mass is 19.4. The molecule has 2 saturated heterocycles. The van der Waals surface area contributed by atoms with E-state index < -0.39 is 23.5 Å². The number of amides is 1. The third-order valence-corrected chi connectivity index (χ3v) is 7.37. The fourth-order valence-corrected chi connectivity index (χ4v) is 5.10. The molecule has 3 N–H and O–H groups in total. The van der Waals surface area contributed by atoms with Gasteiger partial charge in [-0.25, -0.2) is 0 Å². The minimum Gasteiger partial charge on any atom is -0.398 e. The average molecular weight is 558 g/mol. The molecule has 12 heteroatoms. The van der Waals surface area contributed by atoms with E-state index in [-0.39, 0.29) is 17.6 Å². The Morgan fingerprint density at radius 3 is 2.10 bits per heavy atom. The van der Waals surface area contributed by atoms with E-state index in [0.29, 0.717) is 57.5 Å². The fourth-order valence-electron chi connectivity index (χ4n) is 5.10. The lowest BCUT2D eigenvalue weighted by molar-refractivity contribution is -0.138. The van der Waals surface area contributed by atoms with Crippen LogP contribution < -0.4 is 16.0 Å². The lowest BCUT2D eigenvalue weighted by Gasteiger charge is -2.36.